The zero-order valence-electron chi connectivity index (χ0n) is 10.7. The largest absolute Gasteiger partial charge is 0.371 e. The van der Waals surface area contributed by atoms with Crippen LogP contribution in [0.2, 0.25) is 0 Å². The molecule has 1 amide bonds. The van der Waals surface area contributed by atoms with Crippen molar-refractivity contribution in [3.63, 3.8) is 0 Å². The molecule has 1 aromatic rings. The summed E-state index contributed by atoms with van der Waals surface area (Å²) in [5, 5.41) is 3.47. The molecule has 0 aliphatic carbocycles. The number of aromatic nitrogens is 1. The highest BCUT2D eigenvalue weighted by atomic mass is 16.1. The number of hydrogen-bond donors (Lipinski definition) is 2. The van der Waals surface area contributed by atoms with E-state index in [2.05, 4.69) is 22.1 Å². The molecule has 1 aromatic heterocycles. The Morgan fingerprint density at radius 1 is 1.56 bits per heavy atom. The number of anilines is 1. The van der Waals surface area contributed by atoms with Gasteiger partial charge in [0, 0.05) is 31.0 Å². The van der Waals surface area contributed by atoms with Gasteiger partial charge in [-0.15, -0.1) is 0 Å². The van der Waals surface area contributed by atoms with Crippen molar-refractivity contribution in [2.75, 3.05) is 24.5 Å². The smallest absolute Gasteiger partial charge is 0.267 e. The average Bonchev–Trinajstić information content (AvgIpc) is 2.40. The summed E-state index contributed by atoms with van der Waals surface area (Å²) in [7, 11) is 0. The second-order valence-electron chi connectivity index (χ2n) is 4.58. The molecule has 1 fully saturated rings. The Morgan fingerprint density at radius 3 is 2.89 bits per heavy atom. The molecular formula is C13H20N4O. The van der Waals surface area contributed by atoms with Gasteiger partial charge in [0.1, 0.15) is 5.69 Å². The summed E-state index contributed by atoms with van der Waals surface area (Å²) in [6.45, 7) is 5.15. The topological polar surface area (TPSA) is 71.2 Å². The minimum atomic E-state index is -0.473. The number of primary amides is 1. The van der Waals surface area contributed by atoms with E-state index in [9.17, 15) is 4.79 Å². The molecule has 1 aliphatic rings. The Hall–Kier alpha value is -1.62. The molecular weight excluding hydrogens is 228 g/mol. The van der Waals surface area contributed by atoms with Crippen LogP contribution in [0, 0.1) is 0 Å². The number of nitrogens with zero attached hydrogens (tertiary/aromatic N) is 2. The van der Waals surface area contributed by atoms with Crippen molar-refractivity contribution in [1.29, 1.82) is 0 Å². The zero-order valence-corrected chi connectivity index (χ0v) is 10.7. The minimum Gasteiger partial charge on any atom is -0.371 e. The van der Waals surface area contributed by atoms with Crippen LogP contribution >= 0.6 is 0 Å². The lowest BCUT2D eigenvalue weighted by atomic mass is 10.0. The quantitative estimate of drug-likeness (QED) is 0.825. The van der Waals surface area contributed by atoms with Crippen LogP contribution < -0.4 is 16.0 Å². The van der Waals surface area contributed by atoms with Gasteiger partial charge in [-0.1, -0.05) is 6.92 Å². The Balaban J connectivity index is 2.01. The number of pyridine rings is 1. The van der Waals surface area contributed by atoms with Gasteiger partial charge in [0.2, 0.25) is 0 Å². The third-order valence-corrected chi connectivity index (χ3v) is 3.35. The summed E-state index contributed by atoms with van der Waals surface area (Å²) in [6.07, 6.45) is 3.90. The number of carbonyl (C=O) groups is 1. The maximum absolute atomic E-state index is 11.1. The van der Waals surface area contributed by atoms with Crippen molar-refractivity contribution in [2.24, 2.45) is 5.73 Å². The van der Waals surface area contributed by atoms with Gasteiger partial charge in [-0.2, -0.15) is 0 Å². The van der Waals surface area contributed by atoms with E-state index in [4.69, 9.17) is 5.73 Å². The molecule has 2 heterocycles. The first-order valence-electron chi connectivity index (χ1n) is 6.45. The standard InChI is InChI=1S/C13H20N4O/c1-2-15-10-4-7-17(8-5-10)11-3-6-16-12(9-11)13(14)18/h3,6,9-10,15H,2,4-5,7-8H2,1H3,(H2,14,18). The van der Waals surface area contributed by atoms with Crippen molar-refractivity contribution in [2.45, 2.75) is 25.8 Å². The summed E-state index contributed by atoms with van der Waals surface area (Å²) < 4.78 is 0. The highest BCUT2D eigenvalue weighted by molar-refractivity contribution is 5.91. The van der Waals surface area contributed by atoms with E-state index >= 15 is 0 Å². The Morgan fingerprint density at radius 2 is 2.28 bits per heavy atom. The molecule has 0 aromatic carbocycles. The van der Waals surface area contributed by atoms with E-state index < -0.39 is 5.91 Å². The number of amides is 1. The molecule has 0 bridgehead atoms. The van der Waals surface area contributed by atoms with Crippen molar-refractivity contribution in [3.05, 3.63) is 24.0 Å². The van der Waals surface area contributed by atoms with Crippen molar-refractivity contribution >= 4 is 11.6 Å². The molecule has 98 valence electrons. The lowest BCUT2D eigenvalue weighted by Crippen LogP contribution is -2.42. The van der Waals surface area contributed by atoms with Crippen LogP contribution in [0.1, 0.15) is 30.3 Å². The predicted octanol–water partition coefficient (Wildman–Crippen LogP) is 0.759. The van der Waals surface area contributed by atoms with Gasteiger partial charge in [0.15, 0.2) is 0 Å². The van der Waals surface area contributed by atoms with Gasteiger partial charge >= 0.3 is 0 Å². The first-order chi connectivity index (χ1) is 8.70. The summed E-state index contributed by atoms with van der Waals surface area (Å²) in [6, 6.07) is 4.32. The maximum atomic E-state index is 11.1. The average molecular weight is 248 g/mol. The molecule has 0 spiro atoms. The molecule has 5 nitrogen and oxygen atoms in total. The molecule has 18 heavy (non-hydrogen) atoms. The second kappa shape index (κ2) is 5.82. The van der Waals surface area contributed by atoms with Gasteiger partial charge in [0.25, 0.3) is 5.91 Å². The van der Waals surface area contributed by atoms with Crippen molar-refractivity contribution in [3.8, 4) is 0 Å². The Labute approximate surface area is 107 Å². The van der Waals surface area contributed by atoms with E-state index in [1.807, 2.05) is 6.07 Å². The molecule has 0 unspecified atom stereocenters. The fourth-order valence-electron chi connectivity index (χ4n) is 2.38. The fourth-order valence-corrected chi connectivity index (χ4v) is 2.38. The molecule has 1 aliphatic heterocycles. The number of hydrogen-bond acceptors (Lipinski definition) is 4. The third-order valence-electron chi connectivity index (χ3n) is 3.35. The Bertz CT molecular complexity index is 413. The van der Waals surface area contributed by atoms with Crippen LogP contribution in [0.15, 0.2) is 18.3 Å². The first kappa shape index (κ1) is 12.8. The van der Waals surface area contributed by atoms with E-state index in [1.165, 1.54) is 0 Å². The van der Waals surface area contributed by atoms with Crippen LogP contribution in [-0.2, 0) is 0 Å². The van der Waals surface area contributed by atoms with Gasteiger partial charge in [-0.05, 0) is 31.5 Å². The Kier molecular flexibility index (Phi) is 4.15. The van der Waals surface area contributed by atoms with Gasteiger partial charge in [-0.25, -0.2) is 0 Å². The van der Waals surface area contributed by atoms with Crippen LogP contribution in [0.3, 0.4) is 0 Å². The molecule has 2 rings (SSSR count). The second-order valence-corrected chi connectivity index (χ2v) is 4.58. The van der Waals surface area contributed by atoms with E-state index in [-0.39, 0.29) is 0 Å². The van der Waals surface area contributed by atoms with Gasteiger partial charge in [-0.3, -0.25) is 9.78 Å². The summed E-state index contributed by atoms with van der Waals surface area (Å²) in [4.78, 5) is 17.3. The predicted molar refractivity (Wildman–Crippen MR) is 71.7 cm³/mol. The van der Waals surface area contributed by atoms with E-state index in [0.717, 1.165) is 38.2 Å². The lowest BCUT2D eigenvalue weighted by Gasteiger charge is -2.34. The lowest BCUT2D eigenvalue weighted by molar-refractivity contribution is 0.0995. The third kappa shape index (κ3) is 2.98. The molecule has 5 heteroatoms. The normalized spacial score (nSPS) is 16.8. The number of rotatable bonds is 4. The number of nitrogens with one attached hydrogen (secondary N) is 1. The van der Waals surface area contributed by atoms with Crippen LogP contribution in [0.25, 0.3) is 0 Å². The SMILES string of the molecule is CCNC1CCN(c2ccnc(C(N)=O)c2)CC1. The molecule has 3 N–H and O–H groups in total. The van der Waals surface area contributed by atoms with Crippen LogP contribution in [0.5, 0.6) is 0 Å². The molecule has 0 atom stereocenters. The first-order valence-corrected chi connectivity index (χ1v) is 6.45. The maximum Gasteiger partial charge on any atom is 0.267 e. The van der Waals surface area contributed by atoms with E-state index in [1.54, 1.807) is 12.3 Å². The molecule has 1 saturated heterocycles. The number of piperidine rings is 1. The van der Waals surface area contributed by atoms with Gasteiger partial charge < -0.3 is 16.0 Å². The zero-order chi connectivity index (χ0) is 13.0. The molecule has 0 radical (unpaired) electrons. The molecule has 0 saturated carbocycles. The minimum absolute atomic E-state index is 0.335. The van der Waals surface area contributed by atoms with Crippen LogP contribution in [-0.4, -0.2) is 36.6 Å². The fraction of sp³-hybridized carbons (Fsp3) is 0.538. The van der Waals surface area contributed by atoms with Crippen LogP contribution in [0.4, 0.5) is 5.69 Å². The van der Waals surface area contributed by atoms with Crippen molar-refractivity contribution < 1.29 is 4.79 Å². The van der Waals surface area contributed by atoms with Crippen molar-refractivity contribution in [1.82, 2.24) is 10.3 Å². The summed E-state index contributed by atoms with van der Waals surface area (Å²) in [5.41, 5.74) is 6.61. The number of carbonyl (C=O) groups excluding carboxylic acids is 1. The van der Waals surface area contributed by atoms with E-state index in [0.29, 0.717) is 11.7 Å². The number of nitrogens with two attached hydrogens (primary N) is 1. The highest BCUT2D eigenvalue weighted by Crippen LogP contribution is 2.20. The van der Waals surface area contributed by atoms with Gasteiger partial charge in [0.05, 0.1) is 0 Å². The highest BCUT2D eigenvalue weighted by Gasteiger charge is 2.19. The summed E-state index contributed by atoms with van der Waals surface area (Å²) >= 11 is 0. The monoisotopic (exact) mass is 248 g/mol. The summed E-state index contributed by atoms with van der Waals surface area (Å²) in [5.74, 6) is -0.473.